The van der Waals surface area contributed by atoms with Gasteiger partial charge in [-0.05, 0) is 42.0 Å². The number of pyridine rings is 1. The number of hydrogen-bond acceptors (Lipinski definition) is 3. The van der Waals surface area contributed by atoms with Crippen molar-refractivity contribution in [1.82, 2.24) is 10.3 Å². The van der Waals surface area contributed by atoms with Gasteiger partial charge in [0.1, 0.15) is 6.04 Å². The monoisotopic (exact) mass is 291 g/mol. The Morgan fingerprint density at radius 1 is 1.36 bits per heavy atom. The Hall–Kier alpha value is -2.67. The van der Waals surface area contributed by atoms with Crippen LogP contribution in [0.5, 0.6) is 0 Å². The van der Waals surface area contributed by atoms with E-state index in [0.29, 0.717) is 0 Å². The van der Waals surface area contributed by atoms with Crippen LogP contribution in [-0.2, 0) is 4.79 Å². The van der Waals surface area contributed by atoms with E-state index in [9.17, 15) is 10.1 Å². The van der Waals surface area contributed by atoms with Crippen molar-refractivity contribution in [3.8, 4) is 6.07 Å². The molecule has 1 heterocycles. The van der Waals surface area contributed by atoms with Crippen LogP contribution < -0.4 is 5.32 Å². The maximum atomic E-state index is 12.4. The molecule has 0 saturated heterocycles. The van der Waals surface area contributed by atoms with Crippen LogP contribution in [0.3, 0.4) is 0 Å². The van der Waals surface area contributed by atoms with Crippen LogP contribution in [0.25, 0.3) is 0 Å². The van der Waals surface area contributed by atoms with E-state index in [1.165, 1.54) is 0 Å². The summed E-state index contributed by atoms with van der Waals surface area (Å²) in [6.45, 7) is 1.95. The predicted octanol–water partition coefficient (Wildman–Crippen LogP) is 2.87. The Morgan fingerprint density at radius 2 is 2.18 bits per heavy atom. The van der Waals surface area contributed by atoms with Crippen molar-refractivity contribution in [1.29, 1.82) is 5.26 Å². The van der Waals surface area contributed by atoms with E-state index >= 15 is 0 Å². The quantitative estimate of drug-likeness (QED) is 0.942. The highest BCUT2D eigenvalue weighted by Crippen LogP contribution is 2.47. The van der Waals surface area contributed by atoms with Gasteiger partial charge in [-0.1, -0.05) is 30.3 Å². The minimum atomic E-state index is -0.594. The van der Waals surface area contributed by atoms with Crippen LogP contribution in [0, 0.1) is 24.2 Å². The normalized spacial score (nSPS) is 20.7. The summed E-state index contributed by atoms with van der Waals surface area (Å²) in [4.78, 5) is 16.5. The number of amides is 1. The highest BCUT2D eigenvalue weighted by Gasteiger charge is 2.44. The molecule has 0 spiro atoms. The third-order valence-electron chi connectivity index (χ3n) is 4.15. The van der Waals surface area contributed by atoms with Gasteiger partial charge in [0.2, 0.25) is 5.91 Å². The molecule has 0 radical (unpaired) electrons. The summed E-state index contributed by atoms with van der Waals surface area (Å²) in [6, 6.07) is 13.1. The van der Waals surface area contributed by atoms with E-state index in [2.05, 4.69) is 16.4 Å². The number of hydrogen-bond donors (Lipinski definition) is 1. The van der Waals surface area contributed by atoms with Gasteiger partial charge in [0.05, 0.1) is 6.07 Å². The largest absolute Gasteiger partial charge is 0.336 e. The molecule has 1 saturated carbocycles. The van der Waals surface area contributed by atoms with Gasteiger partial charge in [-0.15, -0.1) is 0 Å². The third-order valence-corrected chi connectivity index (χ3v) is 4.15. The molecule has 1 amide bonds. The zero-order valence-corrected chi connectivity index (χ0v) is 12.4. The average molecular weight is 291 g/mol. The summed E-state index contributed by atoms with van der Waals surface area (Å²) in [7, 11) is 0. The lowest BCUT2D eigenvalue weighted by molar-refractivity contribution is -0.122. The predicted molar refractivity (Wildman–Crippen MR) is 82.8 cm³/mol. The molecule has 0 bridgehead atoms. The first-order valence-corrected chi connectivity index (χ1v) is 7.36. The second-order valence-corrected chi connectivity index (χ2v) is 5.66. The fourth-order valence-electron chi connectivity index (χ4n) is 2.79. The lowest BCUT2D eigenvalue weighted by Gasteiger charge is -2.14. The van der Waals surface area contributed by atoms with Crippen LogP contribution in [0.15, 0.2) is 48.8 Å². The Labute approximate surface area is 129 Å². The summed E-state index contributed by atoms with van der Waals surface area (Å²) in [5.74, 6) is 0.123. The first-order valence-electron chi connectivity index (χ1n) is 7.36. The van der Waals surface area contributed by atoms with Crippen molar-refractivity contribution >= 4 is 5.91 Å². The zero-order chi connectivity index (χ0) is 15.5. The number of aromatic nitrogens is 1. The first kappa shape index (κ1) is 14.3. The highest BCUT2D eigenvalue weighted by molar-refractivity contribution is 5.83. The molecular weight excluding hydrogens is 274 g/mol. The van der Waals surface area contributed by atoms with Gasteiger partial charge in [-0.25, -0.2) is 0 Å². The highest BCUT2D eigenvalue weighted by atomic mass is 16.2. The van der Waals surface area contributed by atoms with Gasteiger partial charge >= 0.3 is 0 Å². The smallest absolute Gasteiger partial charge is 0.225 e. The van der Waals surface area contributed by atoms with Crippen LogP contribution in [0.4, 0.5) is 0 Å². The fourth-order valence-corrected chi connectivity index (χ4v) is 2.79. The van der Waals surface area contributed by atoms with Gasteiger partial charge in [0, 0.05) is 18.3 Å². The molecule has 1 N–H and O–H groups in total. The van der Waals surface area contributed by atoms with Crippen LogP contribution in [-0.4, -0.2) is 10.9 Å². The molecule has 1 aliphatic rings. The number of benzene rings is 1. The van der Waals surface area contributed by atoms with Crippen molar-refractivity contribution in [3.05, 3.63) is 65.5 Å². The molecule has 1 fully saturated rings. The van der Waals surface area contributed by atoms with Crippen LogP contribution in [0.2, 0.25) is 0 Å². The molecule has 3 rings (SSSR count). The van der Waals surface area contributed by atoms with E-state index in [0.717, 1.165) is 23.1 Å². The van der Waals surface area contributed by atoms with E-state index in [1.54, 1.807) is 12.4 Å². The maximum absolute atomic E-state index is 12.4. The summed E-state index contributed by atoms with van der Waals surface area (Å²) in [5.41, 5.74) is 2.96. The number of nitrogens with zero attached hydrogens (tertiary/aromatic N) is 2. The standard InChI is InChI=1S/C18H17N3O/c1-12-5-2-3-7-14(12)17(10-19)21-18(22)16-9-15(16)13-6-4-8-20-11-13/h2-8,11,15-17H,9H2,1H3,(H,21,22)/t15-,16-,17+/m1/s1. The Balaban J connectivity index is 1.67. The Morgan fingerprint density at radius 3 is 2.86 bits per heavy atom. The summed E-state index contributed by atoms with van der Waals surface area (Å²) >= 11 is 0. The second kappa shape index (κ2) is 5.98. The van der Waals surface area contributed by atoms with Gasteiger partial charge in [-0.3, -0.25) is 9.78 Å². The van der Waals surface area contributed by atoms with E-state index in [1.807, 2.05) is 43.3 Å². The fraction of sp³-hybridized carbons (Fsp3) is 0.278. The third kappa shape index (κ3) is 2.84. The van der Waals surface area contributed by atoms with Crippen molar-refractivity contribution < 1.29 is 4.79 Å². The van der Waals surface area contributed by atoms with Crippen molar-refractivity contribution in [3.63, 3.8) is 0 Å². The molecule has 0 aliphatic heterocycles. The second-order valence-electron chi connectivity index (χ2n) is 5.66. The van der Waals surface area contributed by atoms with E-state index < -0.39 is 6.04 Å². The number of aryl methyl sites for hydroxylation is 1. The van der Waals surface area contributed by atoms with Crippen molar-refractivity contribution in [2.45, 2.75) is 25.3 Å². The Bertz CT molecular complexity index is 721. The van der Waals surface area contributed by atoms with Crippen LogP contribution in [0.1, 0.15) is 35.1 Å². The number of nitrogens with one attached hydrogen (secondary N) is 1. The number of nitriles is 1. The summed E-state index contributed by atoms with van der Waals surface area (Å²) in [5, 5.41) is 12.2. The molecule has 3 atom stereocenters. The minimum absolute atomic E-state index is 0.0518. The number of rotatable bonds is 4. The lowest BCUT2D eigenvalue weighted by atomic mass is 10.0. The topological polar surface area (TPSA) is 65.8 Å². The molecule has 22 heavy (non-hydrogen) atoms. The SMILES string of the molecule is Cc1ccccc1[C@H](C#N)NC(=O)[C@@H]1C[C@@H]1c1cccnc1. The van der Waals surface area contributed by atoms with E-state index in [-0.39, 0.29) is 17.7 Å². The van der Waals surface area contributed by atoms with Gasteiger partial charge in [0.25, 0.3) is 0 Å². The number of carbonyl (C=O) groups is 1. The molecule has 2 aromatic rings. The molecule has 1 aromatic heterocycles. The number of carbonyl (C=O) groups excluding carboxylic acids is 1. The Kier molecular flexibility index (Phi) is 3.88. The summed E-state index contributed by atoms with van der Waals surface area (Å²) in [6.07, 6.45) is 4.36. The van der Waals surface area contributed by atoms with Crippen molar-refractivity contribution in [2.24, 2.45) is 5.92 Å². The van der Waals surface area contributed by atoms with Crippen LogP contribution >= 0.6 is 0 Å². The van der Waals surface area contributed by atoms with Crippen molar-refractivity contribution in [2.75, 3.05) is 0 Å². The molecule has 4 nitrogen and oxygen atoms in total. The maximum Gasteiger partial charge on any atom is 0.225 e. The molecule has 110 valence electrons. The molecular formula is C18H17N3O. The summed E-state index contributed by atoms with van der Waals surface area (Å²) < 4.78 is 0. The molecule has 1 aromatic carbocycles. The minimum Gasteiger partial charge on any atom is -0.336 e. The van der Waals surface area contributed by atoms with Gasteiger partial charge in [-0.2, -0.15) is 5.26 Å². The van der Waals surface area contributed by atoms with Gasteiger partial charge in [0.15, 0.2) is 0 Å². The average Bonchev–Trinajstić information content (AvgIpc) is 3.35. The lowest BCUT2D eigenvalue weighted by Crippen LogP contribution is -2.29. The zero-order valence-electron chi connectivity index (χ0n) is 12.4. The van der Waals surface area contributed by atoms with Gasteiger partial charge < -0.3 is 5.32 Å². The molecule has 0 unspecified atom stereocenters. The van der Waals surface area contributed by atoms with E-state index in [4.69, 9.17) is 0 Å². The molecule has 4 heteroatoms. The molecule has 1 aliphatic carbocycles. The first-order chi connectivity index (χ1) is 10.7.